The molecular weight excluding hydrogens is 190 g/mol. The molecule has 0 atom stereocenters. The van der Waals surface area contributed by atoms with E-state index in [1.165, 1.54) is 0 Å². The molecule has 0 radical (unpaired) electrons. The van der Waals surface area contributed by atoms with Crippen LogP contribution in [0.15, 0.2) is 0 Å². The van der Waals surface area contributed by atoms with Gasteiger partial charge in [-0.05, 0) is 0 Å². The van der Waals surface area contributed by atoms with Gasteiger partial charge in [0, 0.05) is 12.9 Å². The number of ether oxygens (including phenoxy) is 2. The summed E-state index contributed by atoms with van der Waals surface area (Å²) < 4.78 is 9.80. The summed E-state index contributed by atoms with van der Waals surface area (Å²) in [6.45, 7) is 2.02. The molecule has 5 heteroatoms. The van der Waals surface area contributed by atoms with Gasteiger partial charge in [-0.1, -0.05) is 0 Å². The molecule has 0 aromatic heterocycles. The van der Waals surface area contributed by atoms with Gasteiger partial charge in [0.25, 0.3) is 0 Å². The first-order valence-electron chi connectivity index (χ1n) is 4.26. The number of methoxy groups -OCH3 is 1. The molecule has 0 aromatic carbocycles. The number of rotatable bonds is 6. The maximum Gasteiger partial charge on any atom is 0.230 e. The molecule has 1 rings (SSSR count). The van der Waals surface area contributed by atoms with E-state index in [1.54, 1.807) is 18.9 Å². The van der Waals surface area contributed by atoms with Crippen LogP contribution in [-0.4, -0.2) is 50.4 Å². The van der Waals surface area contributed by atoms with Crippen LogP contribution >= 0.6 is 11.8 Å². The lowest BCUT2D eigenvalue weighted by Gasteiger charge is -2.26. The van der Waals surface area contributed by atoms with Crippen molar-refractivity contribution in [1.82, 2.24) is 5.32 Å². The van der Waals surface area contributed by atoms with E-state index in [0.717, 1.165) is 5.75 Å². The maximum atomic E-state index is 11.2. The first-order chi connectivity index (χ1) is 6.33. The summed E-state index contributed by atoms with van der Waals surface area (Å²) in [5.41, 5.74) is 0. The van der Waals surface area contributed by atoms with E-state index in [1.807, 2.05) is 0 Å². The van der Waals surface area contributed by atoms with Crippen molar-refractivity contribution in [3.8, 4) is 0 Å². The topological polar surface area (TPSA) is 47.6 Å². The normalized spacial score (nSPS) is 16.7. The molecule has 1 amide bonds. The van der Waals surface area contributed by atoms with Gasteiger partial charge in [-0.15, -0.1) is 11.8 Å². The molecule has 13 heavy (non-hydrogen) atoms. The maximum absolute atomic E-state index is 11.2. The molecular formula is C8H15NO3S. The van der Waals surface area contributed by atoms with Crippen molar-refractivity contribution in [2.75, 3.05) is 38.4 Å². The first-order valence-corrected chi connectivity index (χ1v) is 5.42. The second-order valence-electron chi connectivity index (χ2n) is 2.85. The van der Waals surface area contributed by atoms with Crippen molar-refractivity contribution in [2.45, 2.75) is 6.04 Å². The zero-order chi connectivity index (χ0) is 9.52. The van der Waals surface area contributed by atoms with Crippen LogP contribution in [-0.2, 0) is 14.3 Å². The van der Waals surface area contributed by atoms with Crippen LogP contribution in [0.2, 0.25) is 0 Å². The molecule has 0 unspecified atom stereocenters. The van der Waals surface area contributed by atoms with E-state index in [0.29, 0.717) is 25.6 Å². The Morgan fingerprint density at radius 3 is 3.00 bits per heavy atom. The summed E-state index contributed by atoms with van der Waals surface area (Å²) in [5, 5.41) is 2.87. The van der Waals surface area contributed by atoms with Crippen LogP contribution in [0.3, 0.4) is 0 Å². The molecule has 0 spiro atoms. The van der Waals surface area contributed by atoms with Crippen LogP contribution in [0.25, 0.3) is 0 Å². The number of nitrogens with one attached hydrogen (secondary N) is 1. The molecule has 0 bridgehead atoms. The van der Waals surface area contributed by atoms with Gasteiger partial charge in [-0.25, -0.2) is 0 Å². The fourth-order valence-corrected chi connectivity index (χ4v) is 1.59. The molecule has 4 nitrogen and oxygen atoms in total. The van der Waals surface area contributed by atoms with Crippen LogP contribution in [0.5, 0.6) is 0 Å². The Balaban J connectivity index is 1.91. The minimum atomic E-state index is 0.0920. The number of hydrogen-bond acceptors (Lipinski definition) is 4. The SMILES string of the molecule is COCCSCC(=O)NC1COC1. The zero-order valence-electron chi connectivity index (χ0n) is 7.75. The van der Waals surface area contributed by atoms with Crippen molar-refractivity contribution in [1.29, 1.82) is 0 Å². The van der Waals surface area contributed by atoms with Gasteiger partial charge in [0.2, 0.25) is 5.91 Å². The van der Waals surface area contributed by atoms with E-state index >= 15 is 0 Å². The summed E-state index contributed by atoms with van der Waals surface area (Å²) >= 11 is 1.58. The standard InChI is InChI=1S/C8H15NO3S/c1-11-2-3-13-6-8(10)9-7-4-12-5-7/h7H,2-6H2,1H3,(H,9,10). The molecule has 1 aliphatic rings. The summed E-state index contributed by atoms with van der Waals surface area (Å²) in [5.74, 6) is 1.47. The van der Waals surface area contributed by atoms with Crippen molar-refractivity contribution < 1.29 is 14.3 Å². The highest BCUT2D eigenvalue weighted by Gasteiger charge is 2.19. The van der Waals surface area contributed by atoms with Gasteiger partial charge in [0.1, 0.15) is 0 Å². The Labute approximate surface area is 82.3 Å². The third-order valence-electron chi connectivity index (χ3n) is 1.67. The van der Waals surface area contributed by atoms with E-state index in [2.05, 4.69) is 5.32 Å². The smallest absolute Gasteiger partial charge is 0.230 e. The van der Waals surface area contributed by atoms with E-state index < -0.39 is 0 Å². The number of thioether (sulfide) groups is 1. The van der Waals surface area contributed by atoms with Crippen LogP contribution in [0.4, 0.5) is 0 Å². The Kier molecular flexibility index (Phi) is 5.19. The van der Waals surface area contributed by atoms with Crippen LogP contribution in [0.1, 0.15) is 0 Å². The Morgan fingerprint density at radius 2 is 2.46 bits per heavy atom. The molecule has 1 N–H and O–H groups in total. The predicted molar refractivity (Wildman–Crippen MR) is 52.0 cm³/mol. The van der Waals surface area contributed by atoms with Crippen LogP contribution in [0, 0.1) is 0 Å². The average molecular weight is 205 g/mol. The molecule has 76 valence electrons. The highest BCUT2D eigenvalue weighted by Crippen LogP contribution is 2.02. The number of carbonyl (C=O) groups excluding carboxylic acids is 1. The number of hydrogen-bond donors (Lipinski definition) is 1. The lowest BCUT2D eigenvalue weighted by molar-refractivity contribution is -0.122. The van der Waals surface area contributed by atoms with E-state index in [4.69, 9.17) is 9.47 Å². The second kappa shape index (κ2) is 6.23. The van der Waals surface area contributed by atoms with Crippen molar-refractivity contribution in [2.24, 2.45) is 0 Å². The fourth-order valence-electron chi connectivity index (χ4n) is 0.895. The van der Waals surface area contributed by atoms with Gasteiger partial charge in [0.05, 0.1) is 31.6 Å². The summed E-state index contributed by atoms with van der Waals surface area (Å²) in [4.78, 5) is 11.2. The molecule has 1 aliphatic heterocycles. The lowest BCUT2D eigenvalue weighted by atomic mass is 10.2. The summed E-state index contributed by atoms with van der Waals surface area (Å²) in [6.07, 6.45) is 0. The van der Waals surface area contributed by atoms with Crippen LogP contribution < -0.4 is 5.32 Å². The van der Waals surface area contributed by atoms with Gasteiger partial charge in [0.15, 0.2) is 0 Å². The summed E-state index contributed by atoms with van der Waals surface area (Å²) in [6, 6.07) is 0.246. The average Bonchev–Trinajstić information content (AvgIpc) is 2.06. The fraction of sp³-hybridized carbons (Fsp3) is 0.875. The predicted octanol–water partition coefficient (Wildman–Crippen LogP) is -0.119. The molecule has 1 fully saturated rings. The molecule has 0 saturated carbocycles. The van der Waals surface area contributed by atoms with Gasteiger partial charge < -0.3 is 14.8 Å². The monoisotopic (exact) mass is 205 g/mol. The lowest BCUT2D eigenvalue weighted by Crippen LogP contribution is -2.49. The van der Waals surface area contributed by atoms with Gasteiger partial charge >= 0.3 is 0 Å². The van der Waals surface area contributed by atoms with E-state index in [-0.39, 0.29) is 11.9 Å². The zero-order valence-corrected chi connectivity index (χ0v) is 8.56. The van der Waals surface area contributed by atoms with E-state index in [9.17, 15) is 4.79 Å². The minimum Gasteiger partial charge on any atom is -0.384 e. The molecule has 1 heterocycles. The Morgan fingerprint density at radius 1 is 1.69 bits per heavy atom. The quantitative estimate of drug-likeness (QED) is 0.614. The number of amides is 1. The summed E-state index contributed by atoms with van der Waals surface area (Å²) in [7, 11) is 1.66. The Hall–Kier alpha value is -0.260. The third kappa shape index (κ3) is 4.50. The second-order valence-corrected chi connectivity index (χ2v) is 3.95. The van der Waals surface area contributed by atoms with Gasteiger partial charge in [-0.3, -0.25) is 4.79 Å². The third-order valence-corrected chi connectivity index (χ3v) is 2.59. The highest BCUT2D eigenvalue weighted by atomic mass is 32.2. The van der Waals surface area contributed by atoms with Crippen molar-refractivity contribution in [3.05, 3.63) is 0 Å². The largest absolute Gasteiger partial charge is 0.384 e. The van der Waals surface area contributed by atoms with Gasteiger partial charge in [-0.2, -0.15) is 0 Å². The minimum absolute atomic E-state index is 0.0920. The molecule has 1 saturated heterocycles. The van der Waals surface area contributed by atoms with Crippen molar-refractivity contribution in [3.63, 3.8) is 0 Å². The Bertz CT molecular complexity index is 161. The first kappa shape index (κ1) is 10.8. The van der Waals surface area contributed by atoms with Crippen molar-refractivity contribution >= 4 is 17.7 Å². The number of carbonyl (C=O) groups is 1. The molecule has 0 aromatic rings. The molecule has 0 aliphatic carbocycles. The highest BCUT2D eigenvalue weighted by molar-refractivity contribution is 7.99.